The average Bonchev–Trinajstić information content (AvgIpc) is 2.59. The molecule has 2 amide bonds. The van der Waals surface area contributed by atoms with E-state index >= 15 is 0 Å². The Bertz CT molecular complexity index is 984. The smallest absolute Gasteiger partial charge is 0.247 e. The summed E-state index contributed by atoms with van der Waals surface area (Å²) >= 11 is 0. The van der Waals surface area contributed by atoms with Crippen LogP contribution in [0.25, 0.3) is 0 Å². The lowest BCUT2D eigenvalue weighted by atomic mass is 9.96. The van der Waals surface area contributed by atoms with Crippen molar-refractivity contribution >= 4 is 33.0 Å². The van der Waals surface area contributed by atoms with E-state index in [9.17, 15) is 18.0 Å². The molecule has 0 saturated heterocycles. The van der Waals surface area contributed by atoms with Gasteiger partial charge in [-0.1, -0.05) is 44.2 Å². The van der Waals surface area contributed by atoms with Gasteiger partial charge in [-0.25, -0.2) is 8.42 Å². The van der Waals surface area contributed by atoms with Gasteiger partial charge in [0.25, 0.3) is 0 Å². The van der Waals surface area contributed by atoms with E-state index in [4.69, 9.17) is 0 Å². The monoisotopic (exact) mass is 386 g/mol. The molecule has 1 unspecified atom stereocenters. The summed E-state index contributed by atoms with van der Waals surface area (Å²) in [6, 6.07) is 13.1. The van der Waals surface area contributed by atoms with Crippen molar-refractivity contribution < 1.29 is 18.0 Å². The van der Waals surface area contributed by atoms with Crippen LogP contribution in [0.3, 0.4) is 0 Å². The molecular weight excluding hydrogens is 364 g/mol. The number of carbonyl (C=O) groups is 2. The number of nitrogens with zero attached hydrogens (tertiary/aromatic N) is 1. The maximum atomic E-state index is 13.1. The predicted octanol–water partition coefficient (Wildman–Crippen LogP) is 2.64. The van der Waals surface area contributed by atoms with Crippen LogP contribution >= 0.6 is 0 Å². The largest absolute Gasteiger partial charge is 0.322 e. The van der Waals surface area contributed by atoms with Crippen molar-refractivity contribution in [3.63, 3.8) is 0 Å². The Labute approximate surface area is 159 Å². The van der Waals surface area contributed by atoms with E-state index in [1.807, 2.05) is 44.2 Å². The highest BCUT2D eigenvalue weighted by molar-refractivity contribution is 7.90. The van der Waals surface area contributed by atoms with E-state index in [0.717, 1.165) is 11.8 Å². The number of nitrogens with one attached hydrogen (secondary N) is 1. The minimum atomic E-state index is -3.42. The molecular formula is C20H22N2O4S. The Kier molecular flexibility index (Phi) is 5.06. The van der Waals surface area contributed by atoms with Crippen molar-refractivity contribution in [2.24, 2.45) is 5.92 Å². The number of rotatable bonds is 4. The van der Waals surface area contributed by atoms with Crippen LogP contribution in [-0.4, -0.2) is 32.5 Å². The Morgan fingerprint density at radius 1 is 1.15 bits per heavy atom. The Balaban J connectivity index is 2.06. The van der Waals surface area contributed by atoms with Crippen molar-refractivity contribution in [2.75, 3.05) is 16.5 Å². The number of hydrogen-bond donors (Lipinski definition) is 1. The highest BCUT2D eigenvalue weighted by Crippen LogP contribution is 2.36. The number of anilines is 2. The fourth-order valence-electron chi connectivity index (χ4n) is 3.28. The summed E-state index contributed by atoms with van der Waals surface area (Å²) in [5.41, 5.74) is 1.70. The number of benzene rings is 2. The molecule has 0 saturated carbocycles. The lowest BCUT2D eigenvalue weighted by molar-refractivity contribution is -0.124. The van der Waals surface area contributed by atoms with Crippen LogP contribution < -0.4 is 10.2 Å². The van der Waals surface area contributed by atoms with Gasteiger partial charge in [0.05, 0.1) is 22.7 Å². The van der Waals surface area contributed by atoms with E-state index in [1.54, 1.807) is 6.07 Å². The summed E-state index contributed by atoms with van der Waals surface area (Å²) in [5, 5.41) is 2.76. The lowest BCUT2D eigenvalue weighted by Crippen LogP contribution is -2.54. The fraction of sp³-hybridized carbons (Fsp3) is 0.300. The molecule has 3 rings (SSSR count). The average molecular weight is 386 g/mol. The highest BCUT2D eigenvalue weighted by atomic mass is 32.2. The van der Waals surface area contributed by atoms with Gasteiger partial charge in [0.2, 0.25) is 11.8 Å². The Morgan fingerprint density at radius 3 is 2.41 bits per heavy atom. The van der Waals surface area contributed by atoms with E-state index in [2.05, 4.69) is 5.32 Å². The quantitative estimate of drug-likeness (QED) is 0.876. The van der Waals surface area contributed by atoms with Crippen LogP contribution in [0.2, 0.25) is 0 Å². The van der Waals surface area contributed by atoms with E-state index in [-0.39, 0.29) is 29.0 Å². The molecule has 0 radical (unpaired) electrons. The first-order valence-electron chi connectivity index (χ1n) is 8.69. The van der Waals surface area contributed by atoms with Gasteiger partial charge >= 0.3 is 0 Å². The zero-order valence-electron chi connectivity index (χ0n) is 15.5. The maximum absolute atomic E-state index is 13.1. The minimum absolute atomic E-state index is 0.0972. The van der Waals surface area contributed by atoms with E-state index < -0.39 is 15.9 Å². The van der Waals surface area contributed by atoms with Crippen LogP contribution in [0.5, 0.6) is 0 Å². The SMILES string of the molecule is CC(C)C1C(=O)Nc2cc(S(C)(=O)=O)ccc2N1C(=O)Cc1ccccc1. The number of carbonyl (C=O) groups excluding carboxylic acids is 2. The van der Waals surface area contributed by atoms with E-state index in [0.29, 0.717) is 11.4 Å². The molecule has 0 aromatic heterocycles. The van der Waals surface area contributed by atoms with Crippen LogP contribution in [0.4, 0.5) is 11.4 Å². The van der Waals surface area contributed by atoms with Gasteiger partial charge in [-0.3, -0.25) is 14.5 Å². The molecule has 1 heterocycles. The normalized spacial score (nSPS) is 16.8. The first-order chi connectivity index (χ1) is 12.7. The minimum Gasteiger partial charge on any atom is -0.322 e. The summed E-state index contributed by atoms with van der Waals surface area (Å²) in [5.74, 6) is -0.625. The third kappa shape index (κ3) is 3.88. The summed E-state index contributed by atoms with van der Waals surface area (Å²) < 4.78 is 23.7. The van der Waals surface area contributed by atoms with Crippen LogP contribution in [0.15, 0.2) is 53.4 Å². The van der Waals surface area contributed by atoms with Gasteiger partial charge in [0.1, 0.15) is 6.04 Å². The molecule has 7 heteroatoms. The van der Waals surface area contributed by atoms with Gasteiger partial charge < -0.3 is 5.32 Å². The second-order valence-corrected chi connectivity index (χ2v) is 9.07. The van der Waals surface area contributed by atoms with Gasteiger partial charge in [-0.2, -0.15) is 0 Å². The number of fused-ring (bicyclic) bond motifs is 1. The van der Waals surface area contributed by atoms with Gasteiger partial charge in [0.15, 0.2) is 9.84 Å². The summed E-state index contributed by atoms with van der Waals surface area (Å²) in [6.45, 7) is 3.76. The third-order valence-corrected chi connectivity index (χ3v) is 5.67. The molecule has 6 nitrogen and oxygen atoms in total. The predicted molar refractivity (Wildman–Crippen MR) is 104 cm³/mol. The van der Waals surface area contributed by atoms with Crippen LogP contribution in [0.1, 0.15) is 19.4 Å². The molecule has 0 bridgehead atoms. The van der Waals surface area contributed by atoms with Crippen LogP contribution in [-0.2, 0) is 25.8 Å². The first-order valence-corrected chi connectivity index (χ1v) is 10.6. The Morgan fingerprint density at radius 2 is 1.81 bits per heavy atom. The molecule has 0 spiro atoms. The third-order valence-electron chi connectivity index (χ3n) is 4.56. The van der Waals surface area contributed by atoms with Gasteiger partial charge in [-0.15, -0.1) is 0 Å². The fourth-order valence-corrected chi connectivity index (χ4v) is 3.92. The second kappa shape index (κ2) is 7.15. The van der Waals surface area contributed by atoms with Crippen molar-refractivity contribution in [3.8, 4) is 0 Å². The molecule has 1 aliphatic heterocycles. The van der Waals surface area contributed by atoms with Crippen molar-refractivity contribution in [1.82, 2.24) is 0 Å². The molecule has 27 heavy (non-hydrogen) atoms. The Hall–Kier alpha value is -2.67. The molecule has 2 aromatic rings. The van der Waals surface area contributed by atoms with Crippen LogP contribution in [0, 0.1) is 5.92 Å². The van der Waals surface area contributed by atoms with Crippen molar-refractivity contribution in [2.45, 2.75) is 31.2 Å². The molecule has 0 aliphatic carbocycles. The summed E-state index contributed by atoms with van der Waals surface area (Å²) in [4.78, 5) is 27.4. The molecule has 2 aromatic carbocycles. The molecule has 0 fully saturated rings. The van der Waals surface area contributed by atoms with Gasteiger partial charge in [0, 0.05) is 6.26 Å². The summed E-state index contributed by atoms with van der Waals surface area (Å²) in [6.07, 6.45) is 1.26. The zero-order chi connectivity index (χ0) is 19.8. The zero-order valence-corrected chi connectivity index (χ0v) is 16.3. The number of amides is 2. The van der Waals surface area contributed by atoms with Gasteiger partial charge in [-0.05, 0) is 29.7 Å². The topological polar surface area (TPSA) is 83.6 Å². The first kappa shape index (κ1) is 19.1. The van der Waals surface area contributed by atoms with E-state index in [1.165, 1.54) is 17.0 Å². The second-order valence-electron chi connectivity index (χ2n) is 7.06. The molecule has 1 N–H and O–H groups in total. The highest BCUT2D eigenvalue weighted by Gasteiger charge is 2.38. The number of hydrogen-bond acceptors (Lipinski definition) is 4. The van der Waals surface area contributed by atoms with Crippen molar-refractivity contribution in [3.05, 3.63) is 54.1 Å². The number of sulfone groups is 1. The molecule has 142 valence electrons. The molecule has 1 aliphatic rings. The maximum Gasteiger partial charge on any atom is 0.247 e. The summed E-state index contributed by atoms with van der Waals surface area (Å²) in [7, 11) is -3.42. The van der Waals surface area contributed by atoms with Crippen molar-refractivity contribution in [1.29, 1.82) is 0 Å². The molecule has 1 atom stereocenters. The lowest BCUT2D eigenvalue weighted by Gasteiger charge is -2.38. The standard InChI is InChI=1S/C20H22N2O4S/c1-13(2)19-20(24)21-16-12-15(27(3,25)26)9-10-17(16)22(19)18(23)11-14-7-5-4-6-8-14/h4-10,12-13,19H,11H2,1-3H3,(H,21,24).